The number of sulfonamides is 1. The zero-order valence-corrected chi connectivity index (χ0v) is 11.8. The first-order valence-corrected chi connectivity index (χ1v) is 7.63. The van der Waals surface area contributed by atoms with E-state index >= 15 is 0 Å². The molecule has 0 amide bonds. The third-order valence-electron chi connectivity index (χ3n) is 1.93. The standard InChI is InChI=1S/C10H12BrNO4S/c1-16-10-5-7(12-17(2,14)15)3-4-8(10)9(13)6-11/h3-5,12H,6H2,1-2H3. The number of ether oxygens (including phenoxy) is 1. The number of methoxy groups -OCH3 is 1. The summed E-state index contributed by atoms with van der Waals surface area (Å²) in [6.07, 6.45) is 1.05. The average molecular weight is 322 g/mol. The van der Waals surface area contributed by atoms with Crippen molar-refractivity contribution < 1.29 is 17.9 Å². The maximum absolute atomic E-state index is 11.5. The summed E-state index contributed by atoms with van der Waals surface area (Å²) in [5, 5.41) is 0.183. The molecule has 0 aliphatic heterocycles. The van der Waals surface area contributed by atoms with Crippen LogP contribution in [0.15, 0.2) is 18.2 Å². The van der Waals surface area contributed by atoms with Crippen LogP contribution < -0.4 is 9.46 Å². The number of ketones is 1. The lowest BCUT2D eigenvalue weighted by Gasteiger charge is -2.09. The van der Waals surface area contributed by atoms with Crippen LogP contribution in [0.1, 0.15) is 10.4 Å². The molecule has 1 aromatic carbocycles. The number of benzene rings is 1. The first-order valence-electron chi connectivity index (χ1n) is 4.62. The van der Waals surface area contributed by atoms with Crippen LogP contribution in [0.25, 0.3) is 0 Å². The second-order valence-corrected chi connectivity index (χ2v) is 5.66. The highest BCUT2D eigenvalue weighted by atomic mass is 79.9. The summed E-state index contributed by atoms with van der Waals surface area (Å²) < 4.78 is 29.5. The summed E-state index contributed by atoms with van der Waals surface area (Å²) in [7, 11) is -1.92. The van der Waals surface area contributed by atoms with E-state index in [4.69, 9.17) is 4.74 Å². The van der Waals surface area contributed by atoms with E-state index in [0.29, 0.717) is 17.0 Å². The number of rotatable bonds is 5. The van der Waals surface area contributed by atoms with Crippen LogP contribution in [0.2, 0.25) is 0 Å². The van der Waals surface area contributed by atoms with Gasteiger partial charge in [0.25, 0.3) is 0 Å². The predicted molar refractivity (Wildman–Crippen MR) is 69.6 cm³/mol. The Morgan fingerprint density at radius 1 is 1.47 bits per heavy atom. The molecule has 0 unspecified atom stereocenters. The van der Waals surface area contributed by atoms with Crippen LogP contribution in [0.3, 0.4) is 0 Å². The lowest BCUT2D eigenvalue weighted by atomic mass is 10.1. The molecule has 7 heteroatoms. The summed E-state index contributed by atoms with van der Waals surface area (Å²) in [5.74, 6) is 0.204. The van der Waals surface area contributed by atoms with Gasteiger partial charge in [-0.1, -0.05) is 15.9 Å². The van der Waals surface area contributed by atoms with E-state index in [1.165, 1.54) is 25.3 Å². The molecule has 1 N–H and O–H groups in total. The van der Waals surface area contributed by atoms with Crippen LogP contribution >= 0.6 is 15.9 Å². The minimum absolute atomic E-state index is 0.132. The van der Waals surface area contributed by atoms with E-state index in [9.17, 15) is 13.2 Å². The molecule has 0 aliphatic carbocycles. The topological polar surface area (TPSA) is 72.5 Å². The van der Waals surface area contributed by atoms with Gasteiger partial charge in [0.2, 0.25) is 10.0 Å². The highest BCUT2D eigenvalue weighted by Crippen LogP contribution is 2.24. The van der Waals surface area contributed by atoms with E-state index in [-0.39, 0.29) is 11.1 Å². The minimum atomic E-state index is -3.34. The fraction of sp³-hybridized carbons (Fsp3) is 0.300. The zero-order valence-electron chi connectivity index (χ0n) is 9.36. The highest BCUT2D eigenvalue weighted by molar-refractivity contribution is 9.09. The monoisotopic (exact) mass is 321 g/mol. The fourth-order valence-electron chi connectivity index (χ4n) is 1.27. The number of hydrogen-bond acceptors (Lipinski definition) is 4. The van der Waals surface area contributed by atoms with Gasteiger partial charge in [0.1, 0.15) is 5.75 Å². The van der Waals surface area contributed by atoms with Crippen molar-refractivity contribution in [3.63, 3.8) is 0 Å². The average Bonchev–Trinajstić information content (AvgIpc) is 2.25. The van der Waals surface area contributed by atoms with Gasteiger partial charge in [0, 0.05) is 6.07 Å². The van der Waals surface area contributed by atoms with E-state index in [1.807, 2.05) is 0 Å². The van der Waals surface area contributed by atoms with E-state index < -0.39 is 10.0 Å². The van der Waals surface area contributed by atoms with Gasteiger partial charge >= 0.3 is 0 Å². The van der Waals surface area contributed by atoms with E-state index in [1.54, 1.807) is 0 Å². The van der Waals surface area contributed by atoms with Gasteiger partial charge < -0.3 is 4.74 Å². The second kappa shape index (κ2) is 5.50. The van der Waals surface area contributed by atoms with Gasteiger partial charge in [-0.3, -0.25) is 9.52 Å². The summed E-state index contributed by atoms with van der Waals surface area (Å²) in [4.78, 5) is 11.5. The van der Waals surface area contributed by atoms with Crippen LogP contribution in [0, 0.1) is 0 Å². The van der Waals surface area contributed by atoms with Gasteiger partial charge in [0.05, 0.1) is 29.9 Å². The van der Waals surface area contributed by atoms with Crippen LogP contribution in [0.5, 0.6) is 5.75 Å². The number of carbonyl (C=O) groups is 1. The largest absolute Gasteiger partial charge is 0.496 e. The first-order chi connectivity index (χ1) is 7.87. The van der Waals surface area contributed by atoms with Crippen LogP contribution in [0.4, 0.5) is 5.69 Å². The van der Waals surface area contributed by atoms with Crippen molar-refractivity contribution in [3.05, 3.63) is 23.8 Å². The van der Waals surface area contributed by atoms with Gasteiger partial charge in [-0.05, 0) is 12.1 Å². The molecule has 1 aromatic rings. The van der Waals surface area contributed by atoms with Crippen molar-refractivity contribution in [2.75, 3.05) is 23.4 Å². The minimum Gasteiger partial charge on any atom is -0.496 e. The van der Waals surface area contributed by atoms with Crippen molar-refractivity contribution in [3.8, 4) is 5.75 Å². The Hall–Kier alpha value is -1.08. The summed E-state index contributed by atoms with van der Waals surface area (Å²) in [6.45, 7) is 0. The Morgan fingerprint density at radius 2 is 2.12 bits per heavy atom. The highest BCUT2D eigenvalue weighted by Gasteiger charge is 2.12. The number of alkyl halides is 1. The Kier molecular flexibility index (Phi) is 4.53. The van der Waals surface area contributed by atoms with Crippen molar-refractivity contribution in [1.82, 2.24) is 0 Å². The molecule has 0 radical (unpaired) electrons. The molecule has 94 valence electrons. The molecular formula is C10H12BrNO4S. The number of anilines is 1. The number of carbonyl (C=O) groups excluding carboxylic acids is 1. The van der Waals surface area contributed by atoms with Crippen molar-refractivity contribution >= 4 is 37.4 Å². The molecule has 0 spiro atoms. The molecule has 0 heterocycles. The molecule has 0 aliphatic rings. The van der Waals surface area contributed by atoms with Crippen molar-refractivity contribution in [2.45, 2.75) is 0 Å². The van der Waals surface area contributed by atoms with Gasteiger partial charge in [-0.15, -0.1) is 0 Å². The quantitative estimate of drug-likeness (QED) is 0.661. The van der Waals surface area contributed by atoms with Crippen molar-refractivity contribution in [2.24, 2.45) is 0 Å². The predicted octanol–water partition coefficient (Wildman–Crippen LogP) is 1.64. The third kappa shape index (κ3) is 4.01. The first kappa shape index (κ1) is 14.0. The maximum Gasteiger partial charge on any atom is 0.229 e. The number of hydrogen-bond donors (Lipinski definition) is 1. The van der Waals surface area contributed by atoms with Gasteiger partial charge in [-0.2, -0.15) is 0 Å². The Balaban J connectivity index is 3.13. The van der Waals surface area contributed by atoms with Gasteiger partial charge in [0.15, 0.2) is 5.78 Å². The van der Waals surface area contributed by atoms with E-state index in [2.05, 4.69) is 20.7 Å². The summed E-state index contributed by atoms with van der Waals surface area (Å²) >= 11 is 3.07. The van der Waals surface area contributed by atoms with Crippen LogP contribution in [-0.2, 0) is 10.0 Å². The molecule has 17 heavy (non-hydrogen) atoms. The van der Waals surface area contributed by atoms with Crippen molar-refractivity contribution in [1.29, 1.82) is 0 Å². The number of halogens is 1. The Morgan fingerprint density at radius 3 is 2.59 bits per heavy atom. The molecule has 0 fully saturated rings. The SMILES string of the molecule is COc1cc(NS(C)(=O)=O)ccc1C(=O)CBr. The molecular weight excluding hydrogens is 310 g/mol. The van der Waals surface area contributed by atoms with E-state index in [0.717, 1.165) is 6.26 Å². The second-order valence-electron chi connectivity index (χ2n) is 3.35. The Bertz CT molecular complexity index is 527. The Labute approximate surface area is 108 Å². The molecule has 0 atom stereocenters. The molecule has 0 bridgehead atoms. The lowest BCUT2D eigenvalue weighted by molar-refractivity contribution is 0.102. The third-order valence-corrected chi connectivity index (χ3v) is 3.04. The number of Topliss-reactive ketones (excluding diaryl/α,β-unsaturated/α-hetero) is 1. The smallest absolute Gasteiger partial charge is 0.229 e. The van der Waals surface area contributed by atoms with Gasteiger partial charge in [-0.25, -0.2) is 8.42 Å². The number of nitrogens with one attached hydrogen (secondary N) is 1. The molecule has 0 aromatic heterocycles. The zero-order chi connectivity index (χ0) is 13.1. The maximum atomic E-state index is 11.5. The molecule has 0 saturated heterocycles. The summed E-state index contributed by atoms with van der Waals surface area (Å²) in [5.41, 5.74) is 0.763. The van der Waals surface area contributed by atoms with Crippen LogP contribution in [-0.4, -0.2) is 32.9 Å². The lowest BCUT2D eigenvalue weighted by Crippen LogP contribution is -2.10. The molecule has 1 rings (SSSR count). The normalized spacial score (nSPS) is 11.0. The fourth-order valence-corrected chi connectivity index (χ4v) is 2.13. The molecule has 5 nitrogen and oxygen atoms in total. The summed E-state index contributed by atoms with van der Waals surface area (Å²) in [6, 6.07) is 4.51. The molecule has 0 saturated carbocycles.